The number of nitrogens with zero attached hydrogens (tertiary/aromatic N) is 2. The average molecular weight is 335 g/mol. The summed E-state index contributed by atoms with van der Waals surface area (Å²) in [4.78, 5) is 5.00. The van der Waals surface area contributed by atoms with Crippen molar-refractivity contribution >= 4 is 0 Å². The van der Waals surface area contributed by atoms with E-state index in [-0.39, 0.29) is 0 Å². The summed E-state index contributed by atoms with van der Waals surface area (Å²) >= 11 is 0. The van der Waals surface area contributed by atoms with Crippen molar-refractivity contribution in [3.8, 4) is 11.5 Å². The minimum absolute atomic E-state index is 0.494. The zero-order chi connectivity index (χ0) is 17.4. The first-order chi connectivity index (χ1) is 11.6. The smallest absolute Gasteiger partial charge is 0.165 e. The second kappa shape index (κ2) is 9.87. The Bertz CT molecular complexity index is 486. The van der Waals surface area contributed by atoms with E-state index in [1.807, 2.05) is 12.1 Å². The van der Waals surface area contributed by atoms with E-state index >= 15 is 0 Å². The zero-order valence-corrected chi connectivity index (χ0v) is 15.5. The normalized spacial score (nSPS) is 16.5. The van der Waals surface area contributed by atoms with Gasteiger partial charge in [0.2, 0.25) is 0 Å². The maximum Gasteiger partial charge on any atom is 0.165 e. The van der Waals surface area contributed by atoms with Crippen molar-refractivity contribution in [3.05, 3.63) is 23.8 Å². The van der Waals surface area contributed by atoms with Gasteiger partial charge in [-0.2, -0.15) is 0 Å². The van der Waals surface area contributed by atoms with Gasteiger partial charge in [0.1, 0.15) is 0 Å². The summed E-state index contributed by atoms with van der Waals surface area (Å²) in [6.45, 7) is 12.3. The third-order valence-corrected chi connectivity index (χ3v) is 4.38. The predicted octanol–water partition coefficient (Wildman–Crippen LogP) is 2.20. The Morgan fingerprint density at radius 3 is 2.46 bits per heavy atom. The topological polar surface area (TPSA) is 51.0 Å². The molecule has 0 spiro atoms. The Balaban J connectivity index is 1.96. The van der Waals surface area contributed by atoms with Crippen LogP contribution in [0.5, 0.6) is 11.5 Å². The molecule has 0 amide bonds. The Labute approximate surface area is 146 Å². The summed E-state index contributed by atoms with van der Waals surface area (Å²) in [6.07, 6.45) is 1.09. The molecule has 1 aliphatic heterocycles. The molecule has 2 rings (SSSR count). The van der Waals surface area contributed by atoms with E-state index in [0.29, 0.717) is 12.5 Å². The van der Waals surface area contributed by atoms with Gasteiger partial charge in [-0.05, 0) is 31.5 Å². The van der Waals surface area contributed by atoms with E-state index < -0.39 is 0 Å². The fraction of sp³-hybridized carbons (Fsp3) is 0.684. The number of hydrogen-bond acceptors (Lipinski definition) is 5. The Kier molecular flexibility index (Phi) is 7.82. The number of nitrogens with two attached hydrogens (primary N) is 1. The third-order valence-electron chi connectivity index (χ3n) is 4.38. The molecule has 1 aromatic carbocycles. The minimum atomic E-state index is 0.494. The van der Waals surface area contributed by atoms with Crippen molar-refractivity contribution in [2.24, 2.45) is 11.7 Å². The molecule has 1 aromatic rings. The molecule has 0 radical (unpaired) electrons. The number of ether oxygens (including phenoxy) is 2. The highest BCUT2D eigenvalue weighted by molar-refractivity contribution is 5.46. The van der Waals surface area contributed by atoms with Gasteiger partial charge < -0.3 is 20.1 Å². The molecule has 0 bridgehead atoms. The van der Waals surface area contributed by atoms with Crippen LogP contribution >= 0.6 is 0 Å². The lowest BCUT2D eigenvalue weighted by molar-refractivity contribution is 0.125. The van der Waals surface area contributed by atoms with Gasteiger partial charge in [0.05, 0.1) is 13.7 Å². The SMILES string of the molecule is COc1cccc(CN2CCN(CCCN)CC2)c1OCC(C)C. The zero-order valence-electron chi connectivity index (χ0n) is 15.5. The largest absolute Gasteiger partial charge is 0.493 e. The fourth-order valence-electron chi connectivity index (χ4n) is 2.99. The molecule has 0 unspecified atom stereocenters. The second-order valence-corrected chi connectivity index (χ2v) is 6.91. The van der Waals surface area contributed by atoms with Gasteiger partial charge in [-0.1, -0.05) is 26.0 Å². The van der Waals surface area contributed by atoms with Crippen molar-refractivity contribution in [1.82, 2.24) is 9.80 Å². The summed E-state index contributed by atoms with van der Waals surface area (Å²) in [5.41, 5.74) is 6.82. The number of rotatable bonds is 9. The van der Waals surface area contributed by atoms with Crippen molar-refractivity contribution in [2.75, 3.05) is 53.0 Å². The highest BCUT2D eigenvalue weighted by atomic mass is 16.5. The molecule has 1 aliphatic rings. The van der Waals surface area contributed by atoms with E-state index in [1.165, 1.54) is 5.56 Å². The highest BCUT2D eigenvalue weighted by Crippen LogP contribution is 2.32. The number of para-hydroxylation sites is 1. The monoisotopic (exact) mass is 335 g/mol. The van der Waals surface area contributed by atoms with Crippen molar-refractivity contribution in [2.45, 2.75) is 26.8 Å². The minimum Gasteiger partial charge on any atom is -0.493 e. The van der Waals surface area contributed by atoms with Crippen LogP contribution in [-0.4, -0.2) is 62.8 Å². The van der Waals surface area contributed by atoms with Crippen LogP contribution in [0.15, 0.2) is 18.2 Å². The van der Waals surface area contributed by atoms with Crippen LogP contribution in [0, 0.1) is 5.92 Å². The molecule has 0 saturated carbocycles. The number of methoxy groups -OCH3 is 1. The van der Waals surface area contributed by atoms with Crippen LogP contribution < -0.4 is 15.2 Å². The van der Waals surface area contributed by atoms with Gasteiger partial charge >= 0.3 is 0 Å². The lowest BCUT2D eigenvalue weighted by Crippen LogP contribution is -2.46. The fourth-order valence-corrected chi connectivity index (χ4v) is 2.99. The maximum absolute atomic E-state index is 6.06. The summed E-state index contributed by atoms with van der Waals surface area (Å²) in [6, 6.07) is 6.18. The first-order valence-electron chi connectivity index (χ1n) is 9.07. The first-order valence-corrected chi connectivity index (χ1v) is 9.07. The summed E-state index contributed by atoms with van der Waals surface area (Å²) < 4.78 is 11.6. The van der Waals surface area contributed by atoms with E-state index in [4.69, 9.17) is 15.2 Å². The molecule has 5 heteroatoms. The van der Waals surface area contributed by atoms with Crippen molar-refractivity contribution in [1.29, 1.82) is 0 Å². The highest BCUT2D eigenvalue weighted by Gasteiger charge is 2.19. The number of hydrogen-bond donors (Lipinski definition) is 1. The molecule has 0 aromatic heterocycles. The van der Waals surface area contributed by atoms with Gasteiger partial charge in [0.15, 0.2) is 11.5 Å². The summed E-state index contributed by atoms with van der Waals surface area (Å²) in [5, 5.41) is 0. The molecule has 0 atom stereocenters. The predicted molar refractivity (Wildman–Crippen MR) is 98.7 cm³/mol. The Morgan fingerprint density at radius 2 is 1.83 bits per heavy atom. The number of piperazine rings is 1. The van der Waals surface area contributed by atoms with Crippen LogP contribution in [0.2, 0.25) is 0 Å². The lowest BCUT2D eigenvalue weighted by atomic mass is 10.1. The van der Waals surface area contributed by atoms with Crippen LogP contribution in [-0.2, 0) is 6.54 Å². The van der Waals surface area contributed by atoms with Gasteiger partial charge in [0.25, 0.3) is 0 Å². The first kappa shape index (κ1) is 19.0. The lowest BCUT2D eigenvalue weighted by Gasteiger charge is -2.35. The van der Waals surface area contributed by atoms with Crippen molar-refractivity contribution < 1.29 is 9.47 Å². The third kappa shape index (κ3) is 5.65. The van der Waals surface area contributed by atoms with Crippen LogP contribution in [0.25, 0.3) is 0 Å². The van der Waals surface area contributed by atoms with Gasteiger partial charge in [-0.3, -0.25) is 4.90 Å². The Morgan fingerprint density at radius 1 is 1.12 bits per heavy atom. The van der Waals surface area contributed by atoms with E-state index in [9.17, 15) is 0 Å². The van der Waals surface area contributed by atoms with Crippen LogP contribution in [0.1, 0.15) is 25.8 Å². The maximum atomic E-state index is 6.06. The van der Waals surface area contributed by atoms with Gasteiger partial charge in [0, 0.05) is 38.3 Å². The van der Waals surface area contributed by atoms with Crippen molar-refractivity contribution in [3.63, 3.8) is 0 Å². The second-order valence-electron chi connectivity index (χ2n) is 6.91. The summed E-state index contributed by atoms with van der Waals surface area (Å²) in [7, 11) is 1.71. The van der Waals surface area contributed by atoms with Crippen LogP contribution in [0.4, 0.5) is 0 Å². The molecular formula is C19H33N3O2. The molecular weight excluding hydrogens is 302 g/mol. The molecule has 5 nitrogen and oxygen atoms in total. The van der Waals surface area contributed by atoms with Crippen LogP contribution in [0.3, 0.4) is 0 Å². The van der Waals surface area contributed by atoms with Gasteiger partial charge in [-0.15, -0.1) is 0 Å². The molecule has 136 valence electrons. The molecule has 24 heavy (non-hydrogen) atoms. The number of benzene rings is 1. The van der Waals surface area contributed by atoms with Gasteiger partial charge in [-0.25, -0.2) is 0 Å². The molecule has 1 fully saturated rings. The van der Waals surface area contributed by atoms with E-state index in [1.54, 1.807) is 7.11 Å². The molecule has 2 N–H and O–H groups in total. The molecule has 1 saturated heterocycles. The average Bonchev–Trinajstić information content (AvgIpc) is 2.59. The molecule has 1 heterocycles. The molecule has 0 aliphatic carbocycles. The summed E-state index contributed by atoms with van der Waals surface area (Å²) in [5.74, 6) is 2.22. The standard InChI is InChI=1S/C19H33N3O2/c1-16(2)15-24-19-17(6-4-7-18(19)23-3)14-22-12-10-21(11-13-22)9-5-8-20/h4,6-7,16H,5,8-15,20H2,1-3H3. The Hall–Kier alpha value is -1.30. The quantitative estimate of drug-likeness (QED) is 0.750. The van der Waals surface area contributed by atoms with E-state index in [2.05, 4.69) is 29.7 Å². The van der Waals surface area contributed by atoms with E-state index in [0.717, 1.165) is 63.7 Å².